The Morgan fingerprint density at radius 2 is 0.272 bits per heavy atom. The van der Waals surface area contributed by atoms with Crippen LogP contribution in [0.15, 0.2) is 0 Å². The van der Waals surface area contributed by atoms with Crippen LogP contribution in [0.1, 0.15) is 167 Å². The summed E-state index contributed by atoms with van der Waals surface area (Å²) in [5.41, 5.74) is -4.38. The maximum absolute atomic E-state index is 15.0. The maximum atomic E-state index is 15.0. The van der Waals surface area contributed by atoms with Crippen LogP contribution in [-0.4, -0.2) is 548 Å². The van der Waals surface area contributed by atoms with E-state index in [1.54, 1.807) is 29.4 Å². The fraction of sp³-hybridized carbons (Fsp3) is 0.854. The summed E-state index contributed by atoms with van der Waals surface area (Å²) in [4.78, 5) is 235. The van der Waals surface area contributed by atoms with Gasteiger partial charge >= 0.3 is 35.8 Å². The van der Waals surface area contributed by atoms with Gasteiger partial charge in [0.1, 0.15) is 50.7 Å². The molecular formula is C96H186N20O20. The van der Waals surface area contributed by atoms with Crippen molar-refractivity contribution in [2.24, 2.45) is 0 Å². The first-order valence-corrected chi connectivity index (χ1v) is 49.0. The van der Waals surface area contributed by atoms with Gasteiger partial charge in [-0.3, -0.25) is 67.1 Å². The lowest BCUT2D eigenvalue weighted by Gasteiger charge is -2.34. The Labute approximate surface area is 817 Å². The van der Waals surface area contributed by atoms with E-state index in [4.69, 9.17) is 28.4 Å². The molecule has 40 heteroatoms. The van der Waals surface area contributed by atoms with Crippen LogP contribution in [0, 0.1) is 0 Å². The number of ether oxygens (including phenoxy) is 6. The molecule has 0 saturated heterocycles. The molecule has 0 atom stereocenters. The summed E-state index contributed by atoms with van der Waals surface area (Å²) in [5.74, 6) is -9.52. The minimum atomic E-state index is -2.20. The number of esters is 6. The average molecular weight is 1940 g/mol. The molecule has 0 rings (SSSR count). The molecule has 0 aromatic heterocycles. The normalized spacial score (nSPS) is 11.9. The second-order valence-corrected chi connectivity index (χ2v) is 39.3. The summed E-state index contributed by atoms with van der Waals surface area (Å²) < 4.78 is 35.7. The quantitative estimate of drug-likeness (QED) is 0.0647. The summed E-state index contributed by atoms with van der Waals surface area (Å²) in [6.07, 6.45) is 1.77. The molecule has 0 unspecified atom stereocenters. The van der Waals surface area contributed by atoms with Crippen molar-refractivity contribution in [3.05, 3.63) is 0 Å². The number of rotatable bonds is 83. The summed E-state index contributed by atoms with van der Waals surface area (Å²) in [6, 6.07) is 0. The topological polar surface area (TPSA) is 377 Å². The Morgan fingerprint density at radius 3 is 0.397 bits per heavy atom. The Hall–Kier alpha value is -7.90. The van der Waals surface area contributed by atoms with E-state index >= 15 is 4.79 Å². The molecule has 8 amide bonds. The molecule has 0 aliphatic heterocycles. The Balaban J connectivity index is 8.63. The maximum Gasteiger partial charge on any atom is 0.306 e. The predicted molar refractivity (Wildman–Crippen MR) is 530 cm³/mol. The second kappa shape index (κ2) is 75.1. The van der Waals surface area contributed by atoms with Gasteiger partial charge in [0.25, 0.3) is 0 Å². The smallest absolute Gasteiger partial charge is 0.306 e. The lowest BCUT2D eigenvalue weighted by molar-refractivity contribution is -0.161. The molecule has 0 aliphatic rings. The lowest BCUT2D eigenvalue weighted by atomic mass is 10.0. The van der Waals surface area contributed by atoms with Crippen molar-refractivity contribution >= 4 is 83.1 Å². The molecule has 2 N–H and O–H groups in total. The zero-order chi connectivity index (χ0) is 103. The number of nitrogens with one attached hydrogen (secondary N) is 2. The third-order valence-corrected chi connectivity index (χ3v) is 22.2. The third kappa shape index (κ3) is 69.0. The van der Waals surface area contributed by atoms with E-state index < -0.39 is 150 Å². The zero-order valence-electron chi connectivity index (χ0n) is 88.8. The highest BCUT2D eigenvalue weighted by molar-refractivity contribution is 5.87. The Kier molecular flexibility index (Phi) is 70.7. The SMILES string of the molecule is CN(C)CCCN(CCCN(C)C)C(=O)CCC(=O)NC(COC(=O)CCC(=O)NC(COC(=O)CCC(=O)N(CCCN(C)C)CCCN(C)C)(COC(=O)CCC(=O)N(CCCN(C)C)CCCN(C)C)COC(=O)CCC(=O)N(CCCN(C)C)CCCN(C)C)(COC(=O)CCC(=O)N(CCCN(C)C)CCCN(C)C)COC(=O)CCC(=O)N(CCCN(C)C)CCCN(C)C. The van der Waals surface area contributed by atoms with Crippen molar-refractivity contribution in [3.63, 3.8) is 0 Å². The van der Waals surface area contributed by atoms with Gasteiger partial charge in [-0.25, -0.2) is 0 Å². The van der Waals surface area contributed by atoms with Crippen LogP contribution in [0.3, 0.4) is 0 Å². The molecular weight excluding hydrogens is 1750 g/mol. The van der Waals surface area contributed by atoms with Crippen LogP contribution >= 0.6 is 0 Å². The van der Waals surface area contributed by atoms with Crippen molar-refractivity contribution in [2.75, 3.05) is 366 Å². The molecule has 790 valence electrons. The predicted octanol–water partition coefficient (Wildman–Crippen LogP) is 1.81. The van der Waals surface area contributed by atoms with Crippen molar-refractivity contribution in [1.29, 1.82) is 0 Å². The van der Waals surface area contributed by atoms with Gasteiger partial charge in [0, 0.05) is 130 Å². The van der Waals surface area contributed by atoms with Crippen LogP contribution < -0.4 is 10.6 Å². The van der Waals surface area contributed by atoms with Gasteiger partial charge in [-0.2, -0.15) is 0 Å². The highest BCUT2D eigenvalue weighted by Gasteiger charge is 2.41. The first-order chi connectivity index (χ1) is 64.0. The fourth-order valence-corrected chi connectivity index (χ4v) is 14.5. The monoisotopic (exact) mass is 1940 g/mol. The van der Waals surface area contributed by atoms with E-state index in [1.807, 2.05) is 228 Å². The summed E-state index contributed by atoms with van der Waals surface area (Å²) in [6.45, 7) is 7.86. The molecule has 0 aromatic rings. The molecule has 0 fully saturated rings. The molecule has 0 radical (unpaired) electrons. The standard InChI is InChI=1S/C96H186N20O20/c1-99(2)51-25-63-111(64-26-52-100(3)4)83(119)39-37-81(117)97-95(76-132-90(126)46-40-84(120)112(65-27-53-101(5)6)66-28-54-102(7)8,77-133-91(127)47-41-85(121)113(67-29-55-103(9)10)68-30-56-104(11)12)75-131-89(125)45-38-82(118)98-96(78-134-92(128)48-42-86(122)114(69-31-57-105(13)14)70-32-58-106(15)16,79-135-93(129)49-43-87(123)115(71-33-59-107(17)18)72-34-60-108(19)20)80-136-94(130)50-44-88(124)116(73-35-61-109(21)22)74-36-62-110(23)24/h25-80H2,1-24H3,(H,97,117)(H,98,118). The van der Waals surface area contributed by atoms with Crippen LogP contribution in [0.5, 0.6) is 0 Å². The highest BCUT2D eigenvalue weighted by atomic mass is 16.6. The number of carbonyl (C=O) groups is 14. The van der Waals surface area contributed by atoms with Gasteiger partial charge in [-0.1, -0.05) is 0 Å². The van der Waals surface area contributed by atoms with Crippen LogP contribution in [-0.2, 0) is 95.5 Å². The number of nitrogens with zero attached hydrogens (tertiary/aromatic N) is 18. The van der Waals surface area contributed by atoms with Crippen LogP contribution in [0.25, 0.3) is 0 Å². The fourth-order valence-electron chi connectivity index (χ4n) is 14.5. The van der Waals surface area contributed by atoms with Crippen molar-refractivity contribution in [3.8, 4) is 0 Å². The number of hydrogen-bond acceptors (Lipinski definition) is 32. The molecule has 136 heavy (non-hydrogen) atoms. The van der Waals surface area contributed by atoms with E-state index in [-0.39, 0.29) is 74.0 Å². The number of hydrogen-bond donors (Lipinski definition) is 2. The van der Waals surface area contributed by atoms with Gasteiger partial charge in [0.2, 0.25) is 47.3 Å². The van der Waals surface area contributed by atoms with E-state index in [1.165, 1.54) is 0 Å². The summed E-state index contributed by atoms with van der Waals surface area (Å²) in [5, 5.41) is 5.54. The molecule has 40 nitrogen and oxygen atoms in total. The van der Waals surface area contributed by atoms with E-state index in [0.717, 1.165) is 0 Å². The number of amides is 8. The molecule has 0 aromatic carbocycles. The van der Waals surface area contributed by atoms with Gasteiger partial charge in [-0.15, -0.1) is 0 Å². The Bertz CT molecular complexity index is 3090. The van der Waals surface area contributed by atoms with Gasteiger partial charge in [0.05, 0.1) is 38.5 Å². The third-order valence-electron chi connectivity index (χ3n) is 22.2. The first kappa shape index (κ1) is 128. The van der Waals surface area contributed by atoms with Crippen molar-refractivity contribution in [2.45, 2.75) is 178 Å². The van der Waals surface area contributed by atoms with Gasteiger partial charge < -0.3 is 127 Å². The summed E-state index contributed by atoms with van der Waals surface area (Å²) in [7, 11) is 46.2. The largest absolute Gasteiger partial charge is 0.463 e. The van der Waals surface area contributed by atoms with E-state index in [0.29, 0.717) is 234 Å². The molecule has 0 heterocycles. The first-order valence-electron chi connectivity index (χ1n) is 49.0. The van der Waals surface area contributed by atoms with Crippen LogP contribution in [0.4, 0.5) is 0 Å². The Morgan fingerprint density at radius 1 is 0.162 bits per heavy atom. The summed E-state index contributed by atoms with van der Waals surface area (Å²) >= 11 is 0. The minimum Gasteiger partial charge on any atom is -0.463 e. The van der Waals surface area contributed by atoms with Gasteiger partial charge in [0.15, 0.2) is 0 Å². The molecule has 0 bridgehead atoms. The highest BCUT2D eigenvalue weighted by Crippen LogP contribution is 2.20. The number of carbonyl (C=O) groups excluding carboxylic acids is 14. The minimum absolute atomic E-state index is 0.278. The molecule has 0 spiro atoms. The zero-order valence-corrected chi connectivity index (χ0v) is 88.8. The van der Waals surface area contributed by atoms with Crippen molar-refractivity contribution in [1.82, 2.24) is 98.8 Å². The molecule has 0 saturated carbocycles. The van der Waals surface area contributed by atoms with Gasteiger partial charge in [-0.05, 0) is 325 Å². The lowest BCUT2D eigenvalue weighted by Crippen LogP contribution is -2.59. The molecule has 0 aliphatic carbocycles. The van der Waals surface area contributed by atoms with Crippen LogP contribution in [0.2, 0.25) is 0 Å². The van der Waals surface area contributed by atoms with E-state index in [2.05, 4.69) is 10.6 Å². The van der Waals surface area contributed by atoms with Crippen molar-refractivity contribution < 1.29 is 95.5 Å². The second-order valence-electron chi connectivity index (χ2n) is 39.3. The van der Waals surface area contributed by atoms with E-state index in [9.17, 15) is 62.3 Å². The average Bonchev–Trinajstić information content (AvgIpc) is 0.841.